The Kier molecular flexibility index (Phi) is 4.40. The Morgan fingerprint density at radius 3 is 2.82 bits per heavy atom. The summed E-state index contributed by atoms with van der Waals surface area (Å²) in [6.45, 7) is 2.98. The molecule has 0 bridgehead atoms. The summed E-state index contributed by atoms with van der Waals surface area (Å²) in [5.74, 6) is 0. The van der Waals surface area contributed by atoms with Crippen molar-refractivity contribution in [3.05, 3.63) is 29.8 Å². The van der Waals surface area contributed by atoms with Gasteiger partial charge in [-0.25, -0.2) is 0 Å². The standard InChI is InChI=1S/C14H22N2O/c1-17-10-9-16(14-5-6-14)8-7-12-3-2-4-13(15)11-12/h2-4,11,14H,5-10,15H2,1H3. The maximum Gasteiger partial charge on any atom is 0.0589 e. The van der Waals surface area contributed by atoms with E-state index in [1.54, 1.807) is 7.11 Å². The topological polar surface area (TPSA) is 38.5 Å². The number of rotatable bonds is 7. The minimum atomic E-state index is 0.797. The first-order chi connectivity index (χ1) is 8.29. The van der Waals surface area contributed by atoms with Gasteiger partial charge < -0.3 is 10.5 Å². The Balaban J connectivity index is 1.82. The Labute approximate surface area is 104 Å². The van der Waals surface area contributed by atoms with Crippen LogP contribution in [0.3, 0.4) is 0 Å². The predicted octanol–water partition coefficient (Wildman–Crippen LogP) is 1.92. The highest BCUT2D eigenvalue weighted by molar-refractivity contribution is 5.40. The molecule has 0 aliphatic heterocycles. The van der Waals surface area contributed by atoms with Crippen molar-refractivity contribution in [2.45, 2.75) is 25.3 Å². The van der Waals surface area contributed by atoms with E-state index in [2.05, 4.69) is 17.0 Å². The zero-order valence-corrected chi connectivity index (χ0v) is 10.6. The Bertz CT molecular complexity index is 350. The van der Waals surface area contributed by atoms with Crippen molar-refractivity contribution in [3.63, 3.8) is 0 Å². The van der Waals surface area contributed by atoms with Crippen LogP contribution in [0.15, 0.2) is 24.3 Å². The third kappa shape index (κ3) is 4.02. The van der Waals surface area contributed by atoms with Gasteiger partial charge in [0.1, 0.15) is 0 Å². The highest BCUT2D eigenvalue weighted by atomic mass is 16.5. The Morgan fingerprint density at radius 2 is 2.18 bits per heavy atom. The molecule has 3 nitrogen and oxygen atoms in total. The van der Waals surface area contributed by atoms with E-state index in [9.17, 15) is 0 Å². The smallest absolute Gasteiger partial charge is 0.0589 e. The van der Waals surface area contributed by atoms with Gasteiger partial charge in [0, 0.05) is 31.9 Å². The quantitative estimate of drug-likeness (QED) is 0.733. The molecule has 1 aromatic rings. The first kappa shape index (κ1) is 12.4. The van der Waals surface area contributed by atoms with E-state index in [0.29, 0.717) is 0 Å². The van der Waals surface area contributed by atoms with Crippen molar-refractivity contribution in [1.29, 1.82) is 0 Å². The average molecular weight is 234 g/mol. The molecule has 0 heterocycles. The molecule has 0 amide bonds. The highest BCUT2D eigenvalue weighted by Crippen LogP contribution is 2.26. The fourth-order valence-electron chi connectivity index (χ4n) is 2.15. The minimum absolute atomic E-state index is 0.797. The molecule has 2 rings (SSSR count). The molecule has 1 saturated carbocycles. The lowest BCUT2D eigenvalue weighted by atomic mass is 10.1. The van der Waals surface area contributed by atoms with Crippen LogP contribution in [-0.4, -0.2) is 37.7 Å². The van der Waals surface area contributed by atoms with Crippen LogP contribution in [-0.2, 0) is 11.2 Å². The monoisotopic (exact) mass is 234 g/mol. The van der Waals surface area contributed by atoms with Gasteiger partial charge in [-0.05, 0) is 37.0 Å². The summed E-state index contributed by atoms with van der Waals surface area (Å²) < 4.78 is 5.16. The lowest BCUT2D eigenvalue weighted by Gasteiger charge is -2.21. The van der Waals surface area contributed by atoms with Crippen molar-refractivity contribution >= 4 is 5.69 Å². The molecule has 0 atom stereocenters. The van der Waals surface area contributed by atoms with E-state index < -0.39 is 0 Å². The van der Waals surface area contributed by atoms with Crippen molar-refractivity contribution < 1.29 is 4.74 Å². The molecule has 17 heavy (non-hydrogen) atoms. The molecule has 94 valence electrons. The molecule has 0 unspecified atom stereocenters. The van der Waals surface area contributed by atoms with Crippen molar-refractivity contribution in [2.24, 2.45) is 0 Å². The molecule has 1 aliphatic rings. The largest absolute Gasteiger partial charge is 0.399 e. The van der Waals surface area contributed by atoms with Crippen LogP contribution in [0.1, 0.15) is 18.4 Å². The second kappa shape index (κ2) is 6.03. The van der Waals surface area contributed by atoms with Crippen LogP contribution < -0.4 is 5.73 Å². The van der Waals surface area contributed by atoms with Crippen LogP contribution in [0.25, 0.3) is 0 Å². The number of ether oxygens (including phenoxy) is 1. The Morgan fingerprint density at radius 1 is 1.35 bits per heavy atom. The van der Waals surface area contributed by atoms with Crippen LogP contribution in [0.4, 0.5) is 5.69 Å². The van der Waals surface area contributed by atoms with E-state index >= 15 is 0 Å². The molecule has 0 radical (unpaired) electrons. The summed E-state index contributed by atoms with van der Waals surface area (Å²) in [4.78, 5) is 2.53. The summed E-state index contributed by atoms with van der Waals surface area (Å²) >= 11 is 0. The summed E-state index contributed by atoms with van der Waals surface area (Å²) in [6.07, 6.45) is 3.77. The number of hydrogen-bond donors (Lipinski definition) is 1. The Hall–Kier alpha value is -1.06. The third-order valence-electron chi connectivity index (χ3n) is 3.28. The van der Waals surface area contributed by atoms with Gasteiger partial charge in [-0.15, -0.1) is 0 Å². The number of hydrogen-bond acceptors (Lipinski definition) is 3. The number of nitrogens with two attached hydrogens (primary N) is 1. The van der Waals surface area contributed by atoms with E-state index in [4.69, 9.17) is 10.5 Å². The lowest BCUT2D eigenvalue weighted by molar-refractivity contribution is 0.144. The number of methoxy groups -OCH3 is 1. The predicted molar refractivity (Wildman–Crippen MR) is 71.0 cm³/mol. The van der Waals surface area contributed by atoms with Crippen LogP contribution in [0, 0.1) is 0 Å². The molecular formula is C14H22N2O. The third-order valence-corrected chi connectivity index (χ3v) is 3.28. The molecule has 1 aliphatic carbocycles. The second-order valence-electron chi connectivity index (χ2n) is 4.75. The number of nitrogens with zero attached hydrogens (tertiary/aromatic N) is 1. The van der Waals surface area contributed by atoms with Crippen LogP contribution >= 0.6 is 0 Å². The van der Waals surface area contributed by atoms with Crippen molar-refractivity contribution in [3.8, 4) is 0 Å². The van der Waals surface area contributed by atoms with E-state index in [0.717, 1.165) is 37.8 Å². The van der Waals surface area contributed by atoms with Crippen LogP contribution in [0.5, 0.6) is 0 Å². The van der Waals surface area contributed by atoms with Gasteiger partial charge in [-0.3, -0.25) is 4.90 Å². The maximum atomic E-state index is 5.78. The van der Waals surface area contributed by atoms with Crippen LogP contribution in [0.2, 0.25) is 0 Å². The molecule has 1 fully saturated rings. The fourth-order valence-corrected chi connectivity index (χ4v) is 2.15. The summed E-state index contributed by atoms with van der Waals surface area (Å²) in [5.41, 5.74) is 7.97. The molecular weight excluding hydrogens is 212 g/mol. The molecule has 0 aromatic heterocycles. The van der Waals surface area contributed by atoms with E-state index in [-0.39, 0.29) is 0 Å². The molecule has 2 N–H and O–H groups in total. The summed E-state index contributed by atoms with van der Waals surface area (Å²) in [5, 5.41) is 0. The van der Waals surface area contributed by atoms with E-state index in [1.807, 2.05) is 12.1 Å². The zero-order valence-electron chi connectivity index (χ0n) is 10.6. The second-order valence-corrected chi connectivity index (χ2v) is 4.75. The molecule has 0 spiro atoms. The van der Waals surface area contributed by atoms with Crippen molar-refractivity contribution in [2.75, 3.05) is 32.5 Å². The zero-order chi connectivity index (χ0) is 12.1. The first-order valence-corrected chi connectivity index (χ1v) is 6.37. The summed E-state index contributed by atoms with van der Waals surface area (Å²) in [6, 6.07) is 8.99. The van der Waals surface area contributed by atoms with Gasteiger partial charge in [0.15, 0.2) is 0 Å². The first-order valence-electron chi connectivity index (χ1n) is 6.37. The van der Waals surface area contributed by atoms with Crippen molar-refractivity contribution in [1.82, 2.24) is 4.90 Å². The normalized spacial score (nSPS) is 15.4. The maximum absolute atomic E-state index is 5.78. The fraction of sp³-hybridized carbons (Fsp3) is 0.571. The minimum Gasteiger partial charge on any atom is -0.399 e. The average Bonchev–Trinajstić information content (AvgIpc) is 3.13. The van der Waals surface area contributed by atoms with E-state index in [1.165, 1.54) is 18.4 Å². The number of nitrogen functional groups attached to an aromatic ring is 1. The SMILES string of the molecule is COCCN(CCc1cccc(N)c1)C1CC1. The van der Waals surface area contributed by atoms with Gasteiger partial charge >= 0.3 is 0 Å². The molecule has 0 saturated heterocycles. The summed E-state index contributed by atoms with van der Waals surface area (Å²) in [7, 11) is 1.77. The number of benzene rings is 1. The lowest BCUT2D eigenvalue weighted by Crippen LogP contribution is -2.31. The number of anilines is 1. The van der Waals surface area contributed by atoms with Gasteiger partial charge in [-0.1, -0.05) is 12.1 Å². The van der Waals surface area contributed by atoms with Gasteiger partial charge in [0.05, 0.1) is 6.61 Å². The highest BCUT2D eigenvalue weighted by Gasteiger charge is 2.28. The molecule has 1 aromatic carbocycles. The molecule has 3 heteroatoms. The van der Waals surface area contributed by atoms with Gasteiger partial charge in [0.25, 0.3) is 0 Å². The van der Waals surface area contributed by atoms with Gasteiger partial charge in [0.2, 0.25) is 0 Å². The van der Waals surface area contributed by atoms with Gasteiger partial charge in [-0.2, -0.15) is 0 Å².